The molecule has 1 aromatic heterocycles. The van der Waals surface area contributed by atoms with Crippen molar-refractivity contribution in [2.75, 3.05) is 19.0 Å². The minimum Gasteiger partial charge on any atom is -0.360 e. The molecule has 0 aliphatic rings. The fraction of sp³-hybridized carbons (Fsp3) is 0.133. The average Bonchev–Trinajstić information content (AvgIpc) is 2.89. The highest BCUT2D eigenvalue weighted by atomic mass is 19.1. The summed E-state index contributed by atoms with van der Waals surface area (Å²) < 4.78 is 45.0. The van der Waals surface area contributed by atoms with E-state index in [9.17, 15) is 9.18 Å². The molecule has 4 aromatic rings. The van der Waals surface area contributed by atoms with E-state index in [1.54, 1.807) is 0 Å². The van der Waals surface area contributed by atoms with Crippen LogP contribution in [0.3, 0.4) is 0 Å². The van der Waals surface area contributed by atoms with E-state index >= 15 is 8.78 Å². The maximum absolute atomic E-state index is 16.1. The fourth-order valence-corrected chi connectivity index (χ4v) is 3.99. The standard InChI is InChI=1S/C30H26F3N3O/c1-35(2)30(37)24(23-15-16-34-28(32)17-23)18-25-26(31)13-14-27(29(25)33)36(19-21-9-5-3-6-10-21)20-22-11-7-4-8-12-22/h3-18H,19-20H2,1-2H3. The lowest BCUT2D eigenvalue weighted by Gasteiger charge is -2.26. The van der Waals surface area contributed by atoms with Gasteiger partial charge in [0.25, 0.3) is 5.91 Å². The van der Waals surface area contributed by atoms with Crippen LogP contribution in [0.4, 0.5) is 18.9 Å². The number of hydrogen-bond acceptors (Lipinski definition) is 3. The van der Waals surface area contributed by atoms with Gasteiger partial charge in [-0.2, -0.15) is 4.39 Å². The first-order valence-electron chi connectivity index (χ1n) is 11.7. The Morgan fingerprint density at radius 2 is 1.43 bits per heavy atom. The zero-order valence-corrected chi connectivity index (χ0v) is 20.5. The van der Waals surface area contributed by atoms with Gasteiger partial charge in [-0.3, -0.25) is 4.79 Å². The number of amides is 1. The first-order valence-corrected chi connectivity index (χ1v) is 11.7. The Balaban J connectivity index is 1.83. The van der Waals surface area contributed by atoms with Gasteiger partial charge in [-0.25, -0.2) is 13.8 Å². The van der Waals surface area contributed by atoms with Gasteiger partial charge in [0.1, 0.15) is 5.82 Å². The molecule has 7 heteroatoms. The van der Waals surface area contributed by atoms with E-state index in [-0.39, 0.29) is 22.4 Å². The smallest absolute Gasteiger partial charge is 0.253 e. The van der Waals surface area contributed by atoms with Crippen molar-refractivity contribution in [1.82, 2.24) is 9.88 Å². The molecule has 0 aliphatic carbocycles. The SMILES string of the molecule is CN(C)C(=O)C(=Cc1c(F)ccc(N(Cc2ccccc2)Cc2ccccc2)c1F)c1ccnc(F)c1. The van der Waals surface area contributed by atoms with Crippen molar-refractivity contribution in [2.45, 2.75) is 13.1 Å². The second-order valence-electron chi connectivity index (χ2n) is 8.75. The van der Waals surface area contributed by atoms with Gasteiger partial charge in [-0.05, 0) is 41.0 Å². The summed E-state index contributed by atoms with van der Waals surface area (Å²) >= 11 is 0. The molecule has 0 radical (unpaired) electrons. The predicted octanol–water partition coefficient (Wildman–Crippen LogP) is 6.33. The fourth-order valence-electron chi connectivity index (χ4n) is 3.99. The molecule has 37 heavy (non-hydrogen) atoms. The number of likely N-dealkylation sites (N-methyl/N-ethyl adjacent to an activating group) is 1. The summed E-state index contributed by atoms with van der Waals surface area (Å²) in [5, 5.41) is 0. The molecule has 0 saturated carbocycles. The number of halogens is 3. The van der Waals surface area contributed by atoms with Crippen molar-refractivity contribution in [3.8, 4) is 0 Å². The summed E-state index contributed by atoms with van der Waals surface area (Å²) in [5.41, 5.74) is 1.81. The van der Waals surface area contributed by atoms with Crippen LogP contribution in [-0.4, -0.2) is 29.9 Å². The molecule has 0 fully saturated rings. The van der Waals surface area contributed by atoms with Crippen molar-refractivity contribution in [3.05, 3.63) is 131 Å². The number of rotatable bonds is 8. The molecule has 0 saturated heterocycles. The molecule has 0 N–H and O–H groups in total. The highest BCUT2D eigenvalue weighted by molar-refractivity contribution is 6.24. The van der Waals surface area contributed by atoms with Gasteiger partial charge in [0.2, 0.25) is 5.95 Å². The summed E-state index contributed by atoms with van der Waals surface area (Å²) in [6.45, 7) is 0.751. The summed E-state index contributed by atoms with van der Waals surface area (Å²) in [5.74, 6) is -2.98. The third kappa shape index (κ3) is 6.25. The second kappa shape index (κ2) is 11.6. The van der Waals surface area contributed by atoms with Gasteiger partial charge in [0.05, 0.1) is 5.69 Å². The molecule has 0 bridgehead atoms. The van der Waals surface area contributed by atoms with Crippen LogP contribution in [0.25, 0.3) is 11.6 Å². The van der Waals surface area contributed by atoms with Crippen molar-refractivity contribution in [1.29, 1.82) is 0 Å². The van der Waals surface area contributed by atoms with E-state index in [2.05, 4.69) is 4.98 Å². The number of nitrogens with zero attached hydrogens (tertiary/aromatic N) is 3. The average molecular weight is 502 g/mol. The highest BCUT2D eigenvalue weighted by Gasteiger charge is 2.22. The Morgan fingerprint density at radius 3 is 1.97 bits per heavy atom. The number of aromatic nitrogens is 1. The monoisotopic (exact) mass is 501 g/mol. The van der Waals surface area contributed by atoms with E-state index in [1.165, 1.54) is 43.4 Å². The van der Waals surface area contributed by atoms with Gasteiger partial charge in [-0.1, -0.05) is 60.7 Å². The summed E-state index contributed by atoms with van der Waals surface area (Å²) in [6, 6.07) is 24.2. The predicted molar refractivity (Wildman–Crippen MR) is 140 cm³/mol. The normalized spacial score (nSPS) is 11.3. The summed E-state index contributed by atoms with van der Waals surface area (Å²) in [7, 11) is 3.02. The molecular formula is C30H26F3N3O. The van der Waals surface area contributed by atoms with E-state index in [0.717, 1.165) is 23.3 Å². The maximum Gasteiger partial charge on any atom is 0.253 e. The molecule has 3 aromatic carbocycles. The first kappa shape index (κ1) is 25.7. The number of benzene rings is 3. The lowest BCUT2D eigenvalue weighted by molar-refractivity contribution is -0.122. The third-order valence-corrected chi connectivity index (χ3v) is 5.84. The third-order valence-electron chi connectivity index (χ3n) is 5.84. The van der Waals surface area contributed by atoms with Crippen molar-refractivity contribution < 1.29 is 18.0 Å². The minimum absolute atomic E-state index is 0.0566. The highest BCUT2D eigenvalue weighted by Crippen LogP contribution is 2.31. The summed E-state index contributed by atoms with van der Waals surface area (Å²) in [4.78, 5) is 19.5. The lowest BCUT2D eigenvalue weighted by atomic mass is 10.0. The maximum atomic E-state index is 16.1. The van der Waals surface area contributed by atoms with Gasteiger partial charge in [0, 0.05) is 50.6 Å². The Bertz CT molecular complexity index is 1370. The van der Waals surface area contributed by atoms with E-state index in [0.29, 0.717) is 13.1 Å². The molecule has 0 spiro atoms. The van der Waals surface area contributed by atoms with Gasteiger partial charge >= 0.3 is 0 Å². The van der Waals surface area contributed by atoms with Gasteiger partial charge < -0.3 is 9.80 Å². The van der Waals surface area contributed by atoms with E-state index < -0.39 is 23.5 Å². The molecule has 1 amide bonds. The molecule has 1 heterocycles. The van der Waals surface area contributed by atoms with Crippen molar-refractivity contribution in [3.63, 3.8) is 0 Å². The molecule has 4 nitrogen and oxygen atoms in total. The molecule has 0 aliphatic heterocycles. The van der Waals surface area contributed by atoms with Crippen LogP contribution >= 0.6 is 0 Å². The second-order valence-corrected chi connectivity index (χ2v) is 8.75. The minimum atomic E-state index is -0.834. The van der Waals surface area contributed by atoms with Crippen molar-refractivity contribution >= 4 is 23.2 Å². The number of carbonyl (C=O) groups excluding carboxylic acids is 1. The molecule has 4 rings (SSSR count). The number of anilines is 1. The van der Waals surface area contributed by atoms with Crippen LogP contribution in [0, 0.1) is 17.6 Å². The van der Waals surface area contributed by atoms with Crippen LogP contribution in [0.2, 0.25) is 0 Å². The van der Waals surface area contributed by atoms with Crippen molar-refractivity contribution in [2.24, 2.45) is 0 Å². The largest absolute Gasteiger partial charge is 0.360 e. The molecule has 0 unspecified atom stereocenters. The zero-order chi connectivity index (χ0) is 26.4. The summed E-state index contributed by atoms with van der Waals surface area (Å²) in [6.07, 6.45) is 2.33. The Labute approximate surface area is 214 Å². The Morgan fingerprint density at radius 1 is 0.838 bits per heavy atom. The molecule has 188 valence electrons. The van der Waals surface area contributed by atoms with Crippen LogP contribution in [-0.2, 0) is 17.9 Å². The van der Waals surface area contributed by atoms with Crippen LogP contribution in [0.5, 0.6) is 0 Å². The lowest BCUT2D eigenvalue weighted by Crippen LogP contribution is -2.24. The number of hydrogen-bond donors (Lipinski definition) is 0. The number of pyridine rings is 1. The molecular weight excluding hydrogens is 475 g/mol. The van der Waals surface area contributed by atoms with Crippen LogP contribution < -0.4 is 4.90 Å². The quantitative estimate of drug-likeness (QED) is 0.209. The zero-order valence-electron chi connectivity index (χ0n) is 20.5. The van der Waals surface area contributed by atoms with E-state index in [4.69, 9.17) is 0 Å². The topological polar surface area (TPSA) is 36.4 Å². The van der Waals surface area contributed by atoms with Gasteiger partial charge in [0.15, 0.2) is 5.82 Å². The van der Waals surface area contributed by atoms with Gasteiger partial charge in [-0.15, -0.1) is 0 Å². The van der Waals surface area contributed by atoms with E-state index in [1.807, 2.05) is 65.6 Å². The van der Waals surface area contributed by atoms with Crippen LogP contribution in [0.1, 0.15) is 22.3 Å². The first-order chi connectivity index (χ1) is 17.8. The number of carbonyl (C=O) groups is 1. The molecule has 0 atom stereocenters. The van der Waals surface area contributed by atoms with Crippen LogP contribution in [0.15, 0.2) is 91.1 Å². The Kier molecular flexibility index (Phi) is 8.03. The Hall–Kier alpha value is -4.39.